The normalized spacial score (nSPS) is 10.6. The lowest BCUT2D eigenvalue weighted by Gasteiger charge is -2.10. The van der Waals surface area contributed by atoms with Crippen LogP contribution in [0.2, 0.25) is 0 Å². The van der Waals surface area contributed by atoms with Crippen LogP contribution in [-0.2, 0) is 4.57 Å². The molecule has 6 heteroatoms. The van der Waals surface area contributed by atoms with Crippen molar-refractivity contribution in [2.45, 2.75) is 39.5 Å². The number of nitrogens with one attached hydrogen (secondary N) is 2. The zero-order valence-corrected chi connectivity index (χ0v) is 16.6. The molecule has 0 aromatic heterocycles. The molecule has 0 fully saturated rings. The SMILES string of the molecule is CCCCNc1ccc(O[PH](=O)Oc2ccc(NCCCC)cc2)cc1. The van der Waals surface area contributed by atoms with Crippen molar-refractivity contribution in [3.05, 3.63) is 48.5 Å². The maximum absolute atomic E-state index is 12.1. The van der Waals surface area contributed by atoms with Crippen LogP contribution in [0.15, 0.2) is 48.5 Å². The molecular weight excluding hydrogens is 347 g/mol. The molecule has 0 bridgehead atoms. The number of rotatable bonds is 12. The number of hydrogen-bond donors (Lipinski definition) is 2. The van der Waals surface area contributed by atoms with Crippen LogP contribution in [0.1, 0.15) is 39.5 Å². The van der Waals surface area contributed by atoms with Gasteiger partial charge in [0.2, 0.25) is 0 Å². The van der Waals surface area contributed by atoms with Crippen LogP contribution in [0.3, 0.4) is 0 Å². The fourth-order valence-corrected chi connectivity index (χ4v) is 3.01. The summed E-state index contributed by atoms with van der Waals surface area (Å²) in [6, 6.07) is 14.8. The van der Waals surface area contributed by atoms with Gasteiger partial charge < -0.3 is 19.7 Å². The quantitative estimate of drug-likeness (QED) is 0.354. The highest BCUT2D eigenvalue weighted by atomic mass is 31.1. The van der Waals surface area contributed by atoms with Crippen LogP contribution in [0.4, 0.5) is 11.4 Å². The van der Waals surface area contributed by atoms with Crippen molar-refractivity contribution < 1.29 is 13.6 Å². The van der Waals surface area contributed by atoms with Crippen molar-refractivity contribution in [2.75, 3.05) is 23.7 Å². The van der Waals surface area contributed by atoms with Crippen LogP contribution in [-0.4, -0.2) is 13.1 Å². The van der Waals surface area contributed by atoms with Crippen molar-refractivity contribution in [1.82, 2.24) is 0 Å². The van der Waals surface area contributed by atoms with E-state index in [0.29, 0.717) is 11.5 Å². The molecule has 26 heavy (non-hydrogen) atoms. The molecule has 0 heterocycles. The predicted octanol–water partition coefficient (Wildman–Crippen LogP) is 5.96. The van der Waals surface area contributed by atoms with Gasteiger partial charge in [0.05, 0.1) is 0 Å². The van der Waals surface area contributed by atoms with Gasteiger partial charge in [0.25, 0.3) is 0 Å². The van der Waals surface area contributed by atoms with Gasteiger partial charge in [-0.15, -0.1) is 0 Å². The Labute approximate surface area is 157 Å². The Kier molecular flexibility index (Phi) is 8.91. The zero-order valence-electron chi connectivity index (χ0n) is 15.6. The maximum atomic E-state index is 12.1. The minimum Gasteiger partial charge on any atom is -0.418 e. The molecule has 0 saturated heterocycles. The van der Waals surface area contributed by atoms with E-state index in [1.807, 2.05) is 24.3 Å². The van der Waals surface area contributed by atoms with Crippen LogP contribution in [0.5, 0.6) is 11.5 Å². The first kappa shape index (κ1) is 20.2. The Balaban J connectivity index is 1.78. The van der Waals surface area contributed by atoms with E-state index in [-0.39, 0.29) is 0 Å². The molecule has 0 radical (unpaired) electrons. The fraction of sp³-hybridized carbons (Fsp3) is 0.400. The first-order valence-electron chi connectivity index (χ1n) is 9.28. The highest BCUT2D eigenvalue weighted by Gasteiger charge is 2.05. The molecule has 0 aliphatic rings. The summed E-state index contributed by atoms with van der Waals surface area (Å²) < 4.78 is 22.9. The van der Waals surface area contributed by atoms with Crippen LogP contribution in [0, 0.1) is 0 Å². The molecule has 0 aliphatic carbocycles. The minimum atomic E-state index is -2.65. The summed E-state index contributed by atoms with van der Waals surface area (Å²) in [5.74, 6) is 1.07. The van der Waals surface area contributed by atoms with Gasteiger partial charge in [-0.2, -0.15) is 0 Å². The summed E-state index contributed by atoms with van der Waals surface area (Å²) >= 11 is 0. The van der Waals surface area contributed by atoms with Crippen molar-refractivity contribution >= 4 is 19.6 Å². The van der Waals surface area contributed by atoms with Gasteiger partial charge in [0, 0.05) is 24.5 Å². The molecule has 0 amide bonds. The first-order chi connectivity index (χ1) is 12.7. The van der Waals surface area contributed by atoms with E-state index in [0.717, 1.165) is 50.1 Å². The van der Waals surface area contributed by atoms with Crippen molar-refractivity contribution in [3.63, 3.8) is 0 Å². The average Bonchev–Trinajstić information content (AvgIpc) is 2.65. The third kappa shape index (κ3) is 7.40. The van der Waals surface area contributed by atoms with E-state index in [2.05, 4.69) is 24.5 Å². The molecule has 0 unspecified atom stereocenters. The van der Waals surface area contributed by atoms with E-state index >= 15 is 0 Å². The van der Waals surface area contributed by atoms with Crippen LogP contribution < -0.4 is 19.7 Å². The standard InChI is InChI=1S/C20H29N2O3P/c1-3-5-15-21-17-7-11-19(12-8-17)24-26(23)25-20-13-9-18(10-14-20)22-16-6-4-2/h7-14,21-22,26H,3-6,15-16H2,1-2H3. The summed E-state index contributed by atoms with van der Waals surface area (Å²) in [5, 5.41) is 6.65. The maximum Gasteiger partial charge on any atom is 0.418 e. The zero-order chi connectivity index (χ0) is 18.6. The van der Waals surface area contributed by atoms with Gasteiger partial charge in [0.15, 0.2) is 0 Å². The molecule has 0 spiro atoms. The van der Waals surface area contributed by atoms with E-state index in [1.54, 1.807) is 24.3 Å². The van der Waals surface area contributed by atoms with Gasteiger partial charge in [-0.05, 0) is 61.4 Å². The highest BCUT2D eigenvalue weighted by molar-refractivity contribution is 7.34. The average molecular weight is 376 g/mol. The second-order valence-electron chi connectivity index (χ2n) is 6.06. The number of hydrogen-bond acceptors (Lipinski definition) is 5. The Morgan fingerprint density at radius 1 is 0.731 bits per heavy atom. The van der Waals surface area contributed by atoms with Gasteiger partial charge in [0.1, 0.15) is 11.5 Å². The molecule has 0 saturated carbocycles. The third-order valence-corrected chi connectivity index (χ3v) is 4.63. The Bertz CT molecular complexity index is 602. The molecule has 0 aliphatic heterocycles. The van der Waals surface area contributed by atoms with E-state index in [4.69, 9.17) is 9.05 Å². The first-order valence-corrected chi connectivity index (χ1v) is 10.5. The molecule has 0 atom stereocenters. The topological polar surface area (TPSA) is 59.6 Å². The van der Waals surface area contributed by atoms with Crippen LogP contribution >= 0.6 is 8.25 Å². The third-order valence-electron chi connectivity index (χ3n) is 3.83. The lowest BCUT2D eigenvalue weighted by molar-refractivity contribution is 0.415. The van der Waals surface area contributed by atoms with Gasteiger partial charge in [-0.1, -0.05) is 26.7 Å². The summed E-state index contributed by atoms with van der Waals surface area (Å²) in [5.41, 5.74) is 2.05. The number of unbranched alkanes of at least 4 members (excludes halogenated alkanes) is 2. The van der Waals surface area contributed by atoms with Crippen molar-refractivity contribution in [2.24, 2.45) is 0 Å². The largest absolute Gasteiger partial charge is 0.418 e. The summed E-state index contributed by atoms with van der Waals surface area (Å²) in [6.45, 7) is 6.21. The summed E-state index contributed by atoms with van der Waals surface area (Å²) in [4.78, 5) is 0. The molecule has 2 N–H and O–H groups in total. The molecule has 2 aromatic carbocycles. The molecule has 2 rings (SSSR count). The molecule has 2 aromatic rings. The lowest BCUT2D eigenvalue weighted by atomic mass is 10.3. The second-order valence-corrected chi connectivity index (χ2v) is 6.97. The van der Waals surface area contributed by atoms with Crippen LogP contribution in [0.25, 0.3) is 0 Å². The minimum absolute atomic E-state index is 0.535. The number of anilines is 2. The van der Waals surface area contributed by atoms with E-state index < -0.39 is 8.25 Å². The molecular formula is C20H29N2O3P. The Morgan fingerprint density at radius 3 is 1.46 bits per heavy atom. The lowest BCUT2D eigenvalue weighted by Crippen LogP contribution is -2.00. The van der Waals surface area contributed by atoms with Gasteiger partial charge >= 0.3 is 8.25 Å². The van der Waals surface area contributed by atoms with Gasteiger partial charge in [-0.3, -0.25) is 0 Å². The van der Waals surface area contributed by atoms with E-state index in [1.165, 1.54) is 0 Å². The van der Waals surface area contributed by atoms with Gasteiger partial charge in [-0.25, -0.2) is 4.57 Å². The summed E-state index contributed by atoms with van der Waals surface area (Å²) in [7, 11) is -2.65. The fourth-order valence-electron chi connectivity index (χ4n) is 2.31. The van der Waals surface area contributed by atoms with Crippen molar-refractivity contribution in [3.8, 4) is 11.5 Å². The predicted molar refractivity (Wildman–Crippen MR) is 110 cm³/mol. The summed E-state index contributed by atoms with van der Waals surface area (Å²) in [6.07, 6.45) is 4.58. The molecule has 5 nitrogen and oxygen atoms in total. The smallest absolute Gasteiger partial charge is 0.418 e. The van der Waals surface area contributed by atoms with Crippen molar-refractivity contribution in [1.29, 1.82) is 0 Å². The second kappa shape index (κ2) is 11.5. The Hall–Kier alpha value is -2.13. The van der Waals surface area contributed by atoms with E-state index in [9.17, 15) is 4.57 Å². The number of benzene rings is 2. The highest BCUT2D eigenvalue weighted by Crippen LogP contribution is 2.31. The Morgan fingerprint density at radius 2 is 1.12 bits per heavy atom. The molecule has 142 valence electrons. The monoisotopic (exact) mass is 376 g/mol.